The molecule has 3 rings (SSSR count). The highest BCUT2D eigenvalue weighted by Crippen LogP contribution is 2.34. The van der Waals surface area contributed by atoms with Gasteiger partial charge < -0.3 is 4.74 Å². The molecule has 1 aliphatic carbocycles. The van der Waals surface area contributed by atoms with Crippen molar-refractivity contribution in [2.45, 2.75) is 38.0 Å². The summed E-state index contributed by atoms with van der Waals surface area (Å²) < 4.78 is 18.7. The summed E-state index contributed by atoms with van der Waals surface area (Å²) in [5, 5.41) is 0. The third-order valence-electron chi connectivity index (χ3n) is 4.47. The van der Waals surface area contributed by atoms with Crippen molar-refractivity contribution in [1.29, 1.82) is 0 Å². The number of hydrogen-bond acceptors (Lipinski definition) is 1. The molecule has 0 heterocycles. The first-order chi connectivity index (χ1) is 10.3. The van der Waals surface area contributed by atoms with Crippen LogP contribution in [0.25, 0.3) is 11.1 Å². The Morgan fingerprint density at radius 1 is 0.905 bits per heavy atom. The van der Waals surface area contributed by atoms with Gasteiger partial charge in [0.05, 0.1) is 7.11 Å². The van der Waals surface area contributed by atoms with Crippen molar-refractivity contribution in [3.05, 3.63) is 53.8 Å². The molecule has 0 atom stereocenters. The molecule has 2 aromatic rings. The smallest absolute Gasteiger partial charge is 0.165 e. The minimum absolute atomic E-state index is 0.289. The van der Waals surface area contributed by atoms with Gasteiger partial charge in [0.15, 0.2) is 11.6 Å². The highest BCUT2D eigenvalue weighted by atomic mass is 19.1. The molecule has 1 nitrogen and oxygen atoms in total. The lowest BCUT2D eigenvalue weighted by Crippen LogP contribution is -2.04. The van der Waals surface area contributed by atoms with Crippen LogP contribution in [0.4, 0.5) is 4.39 Å². The molecule has 1 saturated carbocycles. The highest BCUT2D eigenvalue weighted by molar-refractivity contribution is 5.64. The van der Waals surface area contributed by atoms with E-state index in [1.54, 1.807) is 6.07 Å². The molecular formula is C19H21FO. The van der Waals surface area contributed by atoms with Gasteiger partial charge in [0, 0.05) is 0 Å². The molecule has 0 radical (unpaired) electrons. The van der Waals surface area contributed by atoms with Crippen molar-refractivity contribution in [1.82, 2.24) is 0 Å². The fraction of sp³-hybridized carbons (Fsp3) is 0.368. The Labute approximate surface area is 125 Å². The van der Waals surface area contributed by atoms with Gasteiger partial charge in [0.1, 0.15) is 0 Å². The van der Waals surface area contributed by atoms with Gasteiger partial charge in [0.25, 0.3) is 0 Å². The predicted molar refractivity (Wildman–Crippen MR) is 84.2 cm³/mol. The Morgan fingerprint density at radius 3 is 2.19 bits per heavy atom. The number of ether oxygens (including phenoxy) is 1. The second kappa shape index (κ2) is 6.30. The molecule has 2 heteroatoms. The molecule has 1 fully saturated rings. The Morgan fingerprint density at radius 2 is 1.57 bits per heavy atom. The van der Waals surface area contributed by atoms with E-state index in [2.05, 4.69) is 24.3 Å². The van der Waals surface area contributed by atoms with Gasteiger partial charge in [-0.05, 0) is 47.6 Å². The van der Waals surface area contributed by atoms with E-state index in [4.69, 9.17) is 4.74 Å². The van der Waals surface area contributed by atoms with E-state index < -0.39 is 0 Å². The standard InChI is InChI=1S/C19H21FO/c1-21-19-12-11-17(13-18(19)20)16-9-7-15(8-10-16)14-5-3-2-4-6-14/h7-14H,2-6H2,1H3. The van der Waals surface area contributed by atoms with Crippen molar-refractivity contribution in [3.63, 3.8) is 0 Å². The van der Waals surface area contributed by atoms with Crippen LogP contribution in [0.5, 0.6) is 5.75 Å². The largest absolute Gasteiger partial charge is 0.494 e. The third-order valence-corrected chi connectivity index (χ3v) is 4.47. The van der Waals surface area contributed by atoms with Crippen molar-refractivity contribution in [3.8, 4) is 16.9 Å². The molecule has 21 heavy (non-hydrogen) atoms. The SMILES string of the molecule is COc1ccc(-c2ccc(C3CCCCC3)cc2)cc1F. The third kappa shape index (κ3) is 3.10. The van der Waals surface area contributed by atoms with Crippen LogP contribution in [0.1, 0.15) is 43.6 Å². The summed E-state index contributed by atoms with van der Waals surface area (Å²) in [6, 6.07) is 13.7. The van der Waals surface area contributed by atoms with Gasteiger partial charge in [-0.2, -0.15) is 0 Å². The highest BCUT2D eigenvalue weighted by Gasteiger charge is 2.15. The van der Waals surface area contributed by atoms with Gasteiger partial charge in [0.2, 0.25) is 0 Å². The predicted octanol–water partition coefficient (Wildman–Crippen LogP) is 5.55. The van der Waals surface area contributed by atoms with Gasteiger partial charge in [-0.25, -0.2) is 4.39 Å². The lowest BCUT2D eigenvalue weighted by molar-refractivity contribution is 0.386. The fourth-order valence-corrected chi connectivity index (χ4v) is 3.23. The maximum atomic E-state index is 13.8. The summed E-state index contributed by atoms with van der Waals surface area (Å²) in [6.45, 7) is 0. The lowest BCUT2D eigenvalue weighted by atomic mass is 9.84. The number of hydrogen-bond donors (Lipinski definition) is 0. The molecule has 0 bridgehead atoms. The molecule has 0 N–H and O–H groups in total. The van der Waals surface area contributed by atoms with E-state index in [0.717, 1.165) is 11.1 Å². The maximum Gasteiger partial charge on any atom is 0.165 e. The van der Waals surface area contributed by atoms with Crippen molar-refractivity contribution < 1.29 is 9.13 Å². The van der Waals surface area contributed by atoms with E-state index in [-0.39, 0.29) is 11.6 Å². The fourth-order valence-electron chi connectivity index (χ4n) is 3.23. The first kappa shape index (κ1) is 14.1. The monoisotopic (exact) mass is 284 g/mol. The zero-order valence-corrected chi connectivity index (χ0v) is 12.4. The first-order valence-electron chi connectivity index (χ1n) is 7.72. The Kier molecular flexibility index (Phi) is 4.23. The average Bonchev–Trinajstić information content (AvgIpc) is 2.56. The van der Waals surface area contributed by atoms with E-state index >= 15 is 0 Å². The summed E-state index contributed by atoms with van der Waals surface area (Å²) in [4.78, 5) is 0. The minimum atomic E-state index is -0.314. The summed E-state index contributed by atoms with van der Waals surface area (Å²) in [5.74, 6) is 0.685. The van der Waals surface area contributed by atoms with Gasteiger partial charge in [-0.3, -0.25) is 0 Å². The molecule has 0 saturated heterocycles. The minimum Gasteiger partial charge on any atom is -0.494 e. The summed E-state index contributed by atoms with van der Waals surface area (Å²) >= 11 is 0. The van der Waals surface area contributed by atoms with Crippen LogP contribution in [-0.2, 0) is 0 Å². The lowest BCUT2D eigenvalue weighted by Gasteiger charge is -2.22. The molecule has 0 amide bonds. The molecule has 0 unspecified atom stereocenters. The zero-order chi connectivity index (χ0) is 14.7. The van der Waals surface area contributed by atoms with E-state index in [0.29, 0.717) is 5.92 Å². The van der Waals surface area contributed by atoms with Crippen LogP contribution in [0.15, 0.2) is 42.5 Å². The van der Waals surface area contributed by atoms with Gasteiger partial charge in [-0.15, -0.1) is 0 Å². The summed E-state index contributed by atoms with van der Waals surface area (Å²) in [6.07, 6.45) is 6.67. The quantitative estimate of drug-likeness (QED) is 0.718. The first-order valence-corrected chi connectivity index (χ1v) is 7.72. The van der Waals surface area contributed by atoms with Crippen molar-refractivity contribution in [2.24, 2.45) is 0 Å². The number of methoxy groups -OCH3 is 1. The van der Waals surface area contributed by atoms with E-state index in [1.807, 2.05) is 6.07 Å². The van der Waals surface area contributed by atoms with Gasteiger partial charge >= 0.3 is 0 Å². The van der Waals surface area contributed by atoms with E-state index in [9.17, 15) is 4.39 Å². The van der Waals surface area contributed by atoms with Crippen LogP contribution in [-0.4, -0.2) is 7.11 Å². The Balaban J connectivity index is 1.81. The van der Waals surface area contributed by atoms with Crippen LogP contribution in [0, 0.1) is 5.82 Å². The summed E-state index contributed by atoms with van der Waals surface area (Å²) in [7, 11) is 1.48. The number of halogens is 1. The molecule has 0 aromatic heterocycles. The Bertz CT molecular complexity index is 597. The van der Waals surface area contributed by atoms with E-state index in [1.165, 1.54) is 50.8 Å². The van der Waals surface area contributed by atoms with Gasteiger partial charge in [-0.1, -0.05) is 49.6 Å². The van der Waals surface area contributed by atoms with Crippen LogP contribution < -0.4 is 4.74 Å². The normalized spacial score (nSPS) is 15.9. The number of rotatable bonds is 3. The van der Waals surface area contributed by atoms with Crippen molar-refractivity contribution in [2.75, 3.05) is 7.11 Å². The Hall–Kier alpha value is -1.83. The van der Waals surface area contributed by atoms with Crippen LogP contribution in [0.2, 0.25) is 0 Å². The van der Waals surface area contributed by atoms with Crippen LogP contribution >= 0.6 is 0 Å². The maximum absolute atomic E-state index is 13.8. The second-order valence-electron chi connectivity index (χ2n) is 5.81. The summed E-state index contributed by atoms with van der Waals surface area (Å²) in [5.41, 5.74) is 3.37. The molecule has 0 aliphatic heterocycles. The molecule has 2 aromatic carbocycles. The topological polar surface area (TPSA) is 9.23 Å². The second-order valence-corrected chi connectivity index (χ2v) is 5.81. The zero-order valence-electron chi connectivity index (χ0n) is 12.4. The molecular weight excluding hydrogens is 263 g/mol. The average molecular weight is 284 g/mol. The molecule has 0 spiro atoms. The number of benzene rings is 2. The van der Waals surface area contributed by atoms with Crippen molar-refractivity contribution >= 4 is 0 Å². The molecule has 110 valence electrons. The van der Waals surface area contributed by atoms with Crippen LogP contribution in [0.3, 0.4) is 0 Å². The molecule has 1 aliphatic rings.